The number of carboxylic acid groups (broad SMARTS) is 1. The molecule has 1 unspecified atom stereocenters. The second-order valence-electron chi connectivity index (χ2n) is 3.48. The van der Waals surface area contributed by atoms with E-state index in [4.69, 9.17) is 11.6 Å². The van der Waals surface area contributed by atoms with Gasteiger partial charge < -0.3 is 5.11 Å². The maximum atomic E-state index is 11.3. The molecule has 0 heterocycles. The van der Waals surface area contributed by atoms with Crippen molar-refractivity contribution >= 4 is 17.6 Å². The van der Waals surface area contributed by atoms with Crippen molar-refractivity contribution in [1.29, 1.82) is 0 Å². The molecule has 0 aliphatic carbocycles. The molecule has 0 spiro atoms. The molecule has 0 saturated carbocycles. The zero-order valence-corrected chi connectivity index (χ0v) is 10.2. The number of rotatable bonds is 5. The van der Waals surface area contributed by atoms with Crippen LogP contribution in [0.5, 0.6) is 0 Å². The number of nitrogens with zero attached hydrogens (tertiary/aromatic N) is 1. The largest absolute Gasteiger partial charge is 0.480 e. The molecule has 88 valence electrons. The highest BCUT2D eigenvalue weighted by Gasteiger charge is 2.26. The fraction of sp³-hybridized carbons (Fsp3) is 0.417. The Bertz CT molecular complexity index is 364. The van der Waals surface area contributed by atoms with Crippen LogP contribution in [0.2, 0.25) is 5.02 Å². The van der Waals surface area contributed by atoms with E-state index in [0.29, 0.717) is 23.7 Å². The lowest BCUT2D eigenvalue weighted by Crippen LogP contribution is -2.34. The van der Waals surface area contributed by atoms with Crippen molar-refractivity contribution in [3.05, 3.63) is 34.9 Å². The minimum Gasteiger partial charge on any atom is -0.480 e. The van der Waals surface area contributed by atoms with Crippen LogP contribution in [-0.2, 0) is 4.79 Å². The van der Waals surface area contributed by atoms with Gasteiger partial charge in [0.1, 0.15) is 6.04 Å². The number of aliphatic carboxylic acids is 1. The monoisotopic (exact) mass is 241 g/mol. The Hall–Kier alpha value is -1.06. The molecule has 0 aliphatic rings. The number of halogens is 1. The Morgan fingerprint density at radius 2 is 1.94 bits per heavy atom. The van der Waals surface area contributed by atoms with Crippen LogP contribution < -0.4 is 0 Å². The van der Waals surface area contributed by atoms with Crippen LogP contribution >= 0.6 is 11.6 Å². The molecule has 1 rings (SSSR count). The average Bonchev–Trinajstić information content (AvgIpc) is 2.27. The smallest absolute Gasteiger partial charge is 0.325 e. The molecule has 1 atom stereocenters. The van der Waals surface area contributed by atoms with Gasteiger partial charge in [-0.25, -0.2) is 0 Å². The molecule has 0 bridgehead atoms. The summed E-state index contributed by atoms with van der Waals surface area (Å²) in [4.78, 5) is 13.2. The highest BCUT2D eigenvalue weighted by atomic mass is 35.5. The van der Waals surface area contributed by atoms with Gasteiger partial charge in [-0.15, -0.1) is 0 Å². The van der Waals surface area contributed by atoms with Gasteiger partial charge in [0.2, 0.25) is 0 Å². The van der Waals surface area contributed by atoms with E-state index in [9.17, 15) is 9.90 Å². The normalized spacial score (nSPS) is 12.8. The van der Waals surface area contributed by atoms with E-state index in [0.717, 1.165) is 0 Å². The molecule has 0 radical (unpaired) electrons. The van der Waals surface area contributed by atoms with Crippen LogP contribution in [-0.4, -0.2) is 29.1 Å². The van der Waals surface area contributed by atoms with Crippen LogP contribution in [0.15, 0.2) is 24.3 Å². The number of benzene rings is 1. The summed E-state index contributed by atoms with van der Waals surface area (Å²) < 4.78 is 0. The van der Waals surface area contributed by atoms with Gasteiger partial charge in [0.05, 0.1) is 0 Å². The first-order valence-corrected chi connectivity index (χ1v) is 5.70. The molecule has 3 nitrogen and oxygen atoms in total. The van der Waals surface area contributed by atoms with Gasteiger partial charge in [0.25, 0.3) is 0 Å². The summed E-state index contributed by atoms with van der Waals surface area (Å²) in [6.45, 7) is 5.24. The topological polar surface area (TPSA) is 40.5 Å². The number of carboxylic acids is 1. The summed E-state index contributed by atoms with van der Waals surface area (Å²) in [5.41, 5.74) is 0.653. The van der Waals surface area contributed by atoms with E-state index in [1.54, 1.807) is 24.3 Å². The van der Waals surface area contributed by atoms with E-state index >= 15 is 0 Å². The van der Waals surface area contributed by atoms with Gasteiger partial charge in [-0.1, -0.05) is 43.6 Å². The molecular formula is C12H16ClNO2. The molecule has 1 N–H and O–H groups in total. The minimum absolute atomic E-state index is 0.502. The van der Waals surface area contributed by atoms with Gasteiger partial charge in [-0.3, -0.25) is 9.69 Å². The summed E-state index contributed by atoms with van der Waals surface area (Å²) in [5.74, 6) is -0.864. The summed E-state index contributed by atoms with van der Waals surface area (Å²) in [6, 6.07) is 6.42. The number of carbonyl (C=O) groups is 1. The van der Waals surface area contributed by atoms with Gasteiger partial charge in [0, 0.05) is 5.02 Å². The quantitative estimate of drug-likeness (QED) is 0.862. The zero-order chi connectivity index (χ0) is 12.1. The van der Waals surface area contributed by atoms with Gasteiger partial charge in [-0.2, -0.15) is 0 Å². The lowest BCUT2D eigenvalue weighted by Gasteiger charge is -2.27. The van der Waals surface area contributed by atoms with E-state index in [1.807, 2.05) is 18.7 Å². The Morgan fingerprint density at radius 1 is 1.38 bits per heavy atom. The lowest BCUT2D eigenvalue weighted by atomic mass is 10.1. The van der Waals surface area contributed by atoms with Crippen molar-refractivity contribution in [3.8, 4) is 0 Å². The molecule has 4 heteroatoms. The Kier molecular flexibility index (Phi) is 4.77. The molecule has 0 fully saturated rings. The fourth-order valence-electron chi connectivity index (χ4n) is 1.77. The van der Waals surface area contributed by atoms with E-state index in [-0.39, 0.29) is 0 Å². The van der Waals surface area contributed by atoms with Gasteiger partial charge in [0.15, 0.2) is 0 Å². The molecule has 0 amide bonds. The van der Waals surface area contributed by atoms with Crippen molar-refractivity contribution in [2.45, 2.75) is 19.9 Å². The third-order valence-corrected chi connectivity index (χ3v) is 2.96. The van der Waals surface area contributed by atoms with Crippen LogP contribution in [0.1, 0.15) is 25.5 Å². The Balaban J connectivity index is 3.12. The predicted octanol–water partition coefficient (Wildman–Crippen LogP) is 2.81. The number of likely N-dealkylation sites (N-methyl/N-ethyl adjacent to an activating group) is 1. The van der Waals surface area contributed by atoms with Crippen molar-refractivity contribution in [3.63, 3.8) is 0 Å². The minimum atomic E-state index is -0.864. The number of hydrogen-bond acceptors (Lipinski definition) is 2. The molecule has 0 aromatic heterocycles. The van der Waals surface area contributed by atoms with Crippen LogP contribution in [0.4, 0.5) is 0 Å². The van der Waals surface area contributed by atoms with Crippen LogP contribution in [0, 0.1) is 0 Å². The lowest BCUT2D eigenvalue weighted by molar-refractivity contribution is -0.143. The van der Waals surface area contributed by atoms with Crippen molar-refractivity contribution < 1.29 is 9.90 Å². The second kappa shape index (κ2) is 5.87. The first-order valence-electron chi connectivity index (χ1n) is 5.33. The highest BCUT2D eigenvalue weighted by Crippen LogP contribution is 2.27. The van der Waals surface area contributed by atoms with Crippen LogP contribution in [0.3, 0.4) is 0 Å². The van der Waals surface area contributed by atoms with Crippen molar-refractivity contribution in [2.24, 2.45) is 0 Å². The molecule has 1 aromatic rings. The first-order chi connectivity index (χ1) is 7.61. The SMILES string of the molecule is CCN(CC)C(C(=O)O)c1ccccc1Cl. The highest BCUT2D eigenvalue weighted by molar-refractivity contribution is 6.31. The standard InChI is InChI=1S/C12H16ClNO2/c1-3-14(4-2)11(12(15)16)9-7-5-6-8-10(9)13/h5-8,11H,3-4H2,1-2H3,(H,15,16). The van der Waals surface area contributed by atoms with E-state index in [1.165, 1.54) is 0 Å². The van der Waals surface area contributed by atoms with Crippen molar-refractivity contribution in [2.75, 3.05) is 13.1 Å². The van der Waals surface area contributed by atoms with E-state index in [2.05, 4.69) is 0 Å². The molecule has 0 aliphatic heterocycles. The molecular weight excluding hydrogens is 226 g/mol. The fourth-order valence-corrected chi connectivity index (χ4v) is 2.01. The third-order valence-electron chi connectivity index (χ3n) is 2.61. The summed E-state index contributed by atoms with van der Waals surface area (Å²) >= 11 is 6.03. The molecule has 0 saturated heterocycles. The predicted molar refractivity (Wildman–Crippen MR) is 64.7 cm³/mol. The molecule has 1 aromatic carbocycles. The second-order valence-corrected chi connectivity index (χ2v) is 3.89. The Morgan fingerprint density at radius 3 is 2.38 bits per heavy atom. The summed E-state index contributed by atoms with van der Waals surface area (Å²) in [5, 5.41) is 9.79. The van der Waals surface area contributed by atoms with Gasteiger partial charge >= 0.3 is 5.97 Å². The summed E-state index contributed by atoms with van der Waals surface area (Å²) in [7, 11) is 0. The van der Waals surface area contributed by atoms with Crippen LogP contribution in [0.25, 0.3) is 0 Å². The summed E-state index contributed by atoms with van der Waals surface area (Å²) in [6.07, 6.45) is 0. The third kappa shape index (κ3) is 2.74. The van der Waals surface area contributed by atoms with E-state index < -0.39 is 12.0 Å². The van der Waals surface area contributed by atoms with Crippen molar-refractivity contribution in [1.82, 2.24) is 4.90 Å². The Labute approximate surface area is 101 Å². The maximum absolute atomic E-state index is 11.3. The zero-order valence-electron chi connectivity index (χ0n) is 9.48. The maximum Gasteiger partial charge on any atom is 0.325 e. The average molecular weight is 242 g/mol. The first kappa shape index (κ1) is 13.0. The van der Waals surface area contributed by atoms with Gasteiger partial charge in [-0.05, 0) is 24.7 Å². The number of hydrogen-bond donors (Lipinski definition) is 1. The molecule has 16 heavy (non-hydrogen) atoms.